The Morgan fingerprint density at radius 3 is 2.67 bits per heavy atom. The van der Waals surface area contributed by atoms with E-state index < -0.39 is 6.09 Å². The van der Waals surface area contributed by atoms with E-state index in [9.17, 15) is 9.18 Å². The third-order valence-electron chi connectivity index (χ3n) is 3.96. The molecule has 0 unspecified atom stereocenters. The number of amides is 1. The first-order valence-electron chi connectivity index (χ1n) is 7.79. The van der Waals surface area contributed by atoms with Crippen LogP contribution in [-0.4, -0.2) is 18.2 Å². The van der Waals surface area contributed by atoms with Gasteiger partial charge in [-0.3, -0.25) is 0 Å². The summed E-state index contributed by atoms with van der Waals surface area (Å²) in [5.41, 5.74) is 1.42. The lowest BCUT2D eigenvalue weighted by Crippen LogP contribution is -2.49. The molecule has 0 saturated heterocycles. The zero-order valence-electron chi connectivity index (χ0n) is 13.0. The summed E-state index contributed by atoms with van der Waals surface area (Å²) in [4.78, 5) is 11.8. The van der Waals surface area contributed by atoms with E-state index in [4.69, 9.17) is 4.74 Å². The highest BCUT2D eigenvalue weighted by Gasteiger charge is 2.31. The van der Waals surface area contributed by atoms with Crippen molar-refractivity contribution in [2.24, 2.45) is 0 Å². The molecule has 2 N–H and O–H groups in total. The third kappa shape index (κ3) is 4.47. The summed E-state index contributed by atoms with van der Waals surface area (Å²) < 4.78 is 19.7. The van der Waals surface area contributed by atoms with Crippen LogP contribution in [-0.2, 0) is 11.3 Å². The second kappa shape index (κ2) is 7.66. The highest BCUT2D eigenvalue weighted by atomic mass is 79.9. The molecule has 0 aromatic heterocycles. The number of hydrogen-bond acceptors (Lipinski definition) is 3. The van der Waals surface area contributed by atoms with Crippen LogP contribution in [0.3, 0.4) is 0 Å². The van der Waals surface area contributed by atoms with Crippen molar-refractivity contribution in [2.75, 3.05) is 5.32 Å². The Morgan fingerprint density at radius 2 is 1.92 bits per heavy atom. The lowest BCUT2D eigenvalue weighted by molar-refractivity contribution is 0.129. The summed E-state index contributed by atoms with van der Waals surface area (Å²) in [6.07, 6.45) is 1.06. The number of alkyl carbamates (subject to hydrolysis) is 1. The third-order valence-corrected chi connectivity index (χ3v) is 4.45. The summed E-state index contributed by atoms with van der Waals surface area (Å²) in [7, 11) is 0. The minimum Gasteiger partial charge on any atom is -0.445 e. The van der Waals surface area contributed by atoms with Gasteiger partial charge in [-0.05, 0) is 36.6 Å². The first-order valence-corrected chi connectivity index (χ1v) is 8.58. The minimum absolute atomic E-state index is 0.0565. The van der Waals surface area contributed by atoms with Gasteiger partial charge < -0.3 is 15.4 Å². The van der Waals surface area contributed by atoms with Crippen LogP contribution in [0.1, 0.15) is 18.4 Å². The van der Waals surface area contributed by atoms with Crippen LogP contribution in [0.2, 0.25) is 0 Å². The molecule has 0 heterocycles. The van der Waals surface area contributed by atoms with Crippen molar-refractivity contribution in [3.8, 4) is 0 Å². The van der Waals surface area contributed by atoms with Gasteiger partial charge in [0, 0.05) is 16.6 Å². The van der Waals surface area contributed by atoms with Crippen LogP contribution < -0.4 is 10.6 Å². The van der Waals surface area contributed by atoms with Crippen molar-refractivity contribution in [3.63, 3.8) is 0 Å². The summed E-state index contributed by atoms with van der Waals surface area (Å²) in [5.74, 6) is -0.281. The summed E-state index contributed by atoms with van der Waals surface area (Å²) in [6.45, 7) is 0.254. The molecule has 6 heteroatoms. The van der Waals surface area contributed by atoms with E-state index in [-0.39, 0.29) is 24.5 Å². The molecule has 1 aliphatic rings. The van der Waals surface area contributed by atoms with Gasteiger partial charge in [0.15, 0.2) is 0 Å². The second-order valence-corrected chi connectivity index (χ2v) is 6.76. The fourth-order valence-electron chi connectivity index (χ4n) is 2.61. The quantitative estimate of drug-likeness (QED) is 0.789. The fraction of sp³-hybridized carbons (Fsp3) is 0.278. The Labute approximate surface area is 148 Å². The van der Waals surface area contributed by atoms with Gasteiger partial charge in [0.2, 0.25) is 0 Å². The van der Waals surface area contributed by atoms with Crippen LogP contribution in [0.15, 0.2) is 53.0 Å². The standard InChI is InChI=1S/C18H18BrFN2O2/c19-13-6-7-16(20)17(8-13)21-14-9-15(10-14)22-18(23)24-11-12-4-2-1-3-5-12/h1-8,14-15,21H,9-11H2,(H,22,23). The summed E-state index contributed by atoms with van der Waals surface area (Å²) in [5, 5.41) is 5.98. The maximum atomic E-state index is 13.7. The smallest absolute Gasteiger partial charge is 0.407 e. The first-order chi connectivity index (χ1) is 11.6. The van der Waals surface area contributed by atoms with Crippen molar-refractivity contribution in [1.82, 2.24) is 5.32 Å². The predicted octanol–water partition coefficient (Wildman–Crippen LogP) is 4.46. The average Bonchev–Trinajstić information content (AvgIpc) is 2.55. The lowest BCUT2D eigenvalue weighted by atomic mass is 9.86. The number of nitrogens with one attached hydrogen (secondary N) is 2. The lowest BCUT2D eigenvalue weighted by Gasteiger charge is -2.36. The molecule has 0 aliphatic heterocycles. The number of carbonyl (C=O) groups is 1. The molecule has 2 aromatic rings. The maximum Gasteiger partial charge on any atom is 0.407 e. The van der Waals surface area contributed by atoms with E-state index in [2.05, 4.69) is 26.6 Å². The number of rotatable bonds is 5. The number of hydrogen-bond donors (Lipinski definition) is 2. The Bertz CT molecular complexity index is 705. The van der Waals surface area contributed by atoms with E-state index in [0.29, 0.717) is 5.69 Å². The number of carbonyl (C=O) groups excluding carboxylic acids is 1. The van der Waals surface area contributed by atoms with Gasteiger partial charge >= 0.3 is 6.09 Å². The van der Waals surface area contributed by atoms with Gasteiger partial charge in [0.05, 0.1) is 5.69 Å². The van der Waals surface area contributed by atoms with Gasteiger partial charge in [-0.15, -0.1) is 0 Å². The molecule has 0 spiro atoms. The average molecular weight is 393 g/mol. The molecule has 4 nitrogen and oxygen atoms in total. The Kier molecular flexibility index (Phi) is 5.35. The van der Waals surface area contributed by atoms with E-state index in [0.717, 1.165) is 22.9 Å². The topological polar surface area (TPSA) is 50.4 Å². The molecule has 3 rings (SSSR count). The number of anilines is 1. The van der Waals surface area contributed by atoms with Gasteiger partial charge in [-0.2, -0.15) is 0 Å². The van der Waals surface area contributed by atoms with Gasteiger partial charge in [0.1, 0.15) is 12.4 Å². The fourth-order valence-corrected chi connectivity index (χ4v) is 2.97. The van der Waals surface area contributed by atoms with Crippen LogP contribution in [0.5, 0.6) is 0 Å². The SMILES string of the molecule is O=C(NC1CC(Nc2cc(Br)ccc2F)C1)OCc1ccccc1. The Morgan fingerprint density at radius 1 is 1.17 bits per heavy atom. The van der Waals surface area contributed by atoms with E-state index in [1.807, 2.05) is 30.3 Å². The number of halogens is 2. The van der Waals surface area contributed by atoms with Crippen molar-refractivity contribution in [3.05, 3.63) is 64.4 Å². The van der Waals surface area contributed by atoms with Crippen LogP contribution >= 0.6 is 15.9 Å². The molecule has 24 heavy (non-hydrogen) atoms. The molecule has 0 atom stereocenters. The zero-order valence-corrected chi connectivity index (χ0v) is 14.6. The maximum absolute atomic E-state index is 13.7. The monoisotopic (exact) mass is 392 g/mol. The van der Waals surface area contributed by atoms with Crippen molar-refractivity contribution < 1.29 is 13.9 Å². The highest BCUT2D eigenvalue weighted by Crippen LogP contribution is 2.27. The molecule has 1 saturated carbocycles. The van der Waals surface area contributed by atoms with Crippen molar-refractivity contribution in [1.29, 1.82) is 0 Å². The van der Waals surface area contributed by atoms with E-state index in [1.54, 1.807) is 12.1 Å². The molecule has 1 amide bonds. The molecule has 2 aromatic carbocycles. The van der Waals surface area contributed by atoms with Gasteiger partial charge in [0.25, 0.3) is 0 Å². The van der Waals surface area contributed by atoms with Crippen LogP contribution in [0.4, 0.5) is 14.9 Å². The van der Waals surface area contributed by atoms with E-state index in [1.165, 1.54) is 6.07 Å². The summed E-state index contributed by atoms with van der Waals surface area (Å²) >= 11 is 3.33. The van der Waals surface area contributed by atoms with Crippen LogP contribution in [0.25, 0.3) is 0 Å². The molecule has 0 bridgehead atoms. The van der Waals surface area contributed by atoms with Gasteiger partial charge in [-0.25, -0.2) is 9.18 Å². The Hall–Kier alpha value is -2.08. The van der Waals surface area contributed by atoms with Gasteiger partial charge in [-0.1, -0.05) is 46.3 Å². The van der Waals surface area contributed by atoms with Crippen LogP contribution in [0, 0.1) is 5.82 Å². The minimum atomic E-state index is -0.420. The molecule has 1 fully saturated rings. The number of benzene rings is 2. The molecular weight excluding hydrogens is 375 g/mol. The highest BCUT2D eigenvalue weighted by molar-refractivity contribution is 9.10. The van der Waals surface area contributed by atoms with E-state index >= 15 is 0 Å². The molecule has 126 valence electrons. The van der Waals surface area contributed by atoms with Crippen molar-refractivity contribution >= 4 is 27.7 Å². The molecule has 0 radical (unpaired) electrons. The number of ether oxygens (including phenoxy) is 1. The largest absolute Gasteiger partial charge is 0.445 e. The zero-order chi connectivity index (χ0) is 16.9. The van der Waals surface area contributed by atoms with Crippen molar-refractivity contribution in [2.45, 2.75) is 31.5 Å². The summed E-state index contributed by atoms with van der Waals surface area (Å²) in [6, 6.07) is 14.5. The predicted molar refractivity (Wildman–Crippen MR) is 94.3 cm³/mol. The first kappa shape index (κ1) is 16.8. The normalized spacial score (nSPS) is 19.2. The molecular formula is C18H18BrFN2O2. The molecule has 1 aliphatic carbocycles. The Balaban J connectivity index is 1.39. The second-order valence-electron chi connectivity index (χ2n) is 5.84.